The SMILES string of the molecule is CC1(C)C(=O)N(Cc2ccccc2-c2ccccc2)c2cc(C(=O)Nc3c[nH]c4ccccc34)ccc21. The van der Waals surface area contributed by atoms with Gasteiger partial charge in [-0.05, 0) is 54.3 Å². The van der Waals surface area contributed by atoms with Gasteiger partial charge in [0.15, 0.2) is 0 Å². The molecule has 0 aliphatic carbocycles. The highest BCUT2D eigenvalue weighted by Gasteiger charge is 2.44. The first-order valence-electron chi connectivity index (χ1n) is 12.4. The molecule has 6 rings (SSSR count). The number of hydrogen-bond donors (Lipinski definition) is 2. The highest BCUT2D eigenvalue weighted by molar-refractivity contribution is 6.12. The molecule has 0 spiro atoms. The van der Waals surface area contributed by atoms with E-state index in [2.05, 4.69) is 34.6 Å². The molecule has 0 bridgehead atoms. The Balaban J connectivity index is 1.35. The van der Waals surface area contributed by atoms with Gasteiger partial charge in [0.1, 0.15) is 0 Å². The van der Waals surface area contributed by atoms with Crippen molar-refractivity contribution in [2.75, 3.05) is 10.2 Å². The van der Waals surface area contributed by atoms with E-state index in [1.54, 1.807) is 12.3 Å². The zero-order valence-electron chi connectivity index (χ0n) is 20.8. The van der Waals surface area contributed by atoms with Crippen molar-refractivity contribution in [3.8, 4) is 11.1 Å². The average molecular weight is 486 g/mol. The summed E-state index contributed by atoms with van der Waals surface area (Å²) >= 11 is 0. The summed E-state index contributed by atoms with van der Waals surface area (Å²) in [5, 5.41) is 3.98. The van der Waals surface area contributed by atoms with Gasteiger partial charge < -0.3 is 15.2 Å². The third-order valence-electron chi connectivity index (χ3n) is 7.27. The number of fused-ring (bicyclic) bond motifs is 2. The molecule has 1 aliphatic rings. The lowest BCUT2D eigenvalue weighted by molar-refractivity contribution is -0.122. The molecule has 1 aromatic heterocycles. The molecular formula is C32H27N3O2. The van der Waals surface area contributed by atoms with E-state index in [9.17, 15) is 9.59 Å². The molecule has 182 valence electrons. The van der Waals surface area contributed by atoms with Crippen LogP contribution in [-0.4, -0.2) is 16.8 Å². The molecule has 0 radical (unpaired) electrons. The van der Waals surface area contributed by atoms with Gasteiger partial charge >= 0.3 is 0 Å². The average Bonchev–Trinajstić information content (AvgIpc) is 3.41. The Morgan fingerprint density at radius 3 is 2.46 bits per heavy atom. The molecule has 2 N–H and O–H groups in total. The summed E-state index contributed by atoms with van der Waals surface area (Å²) < 4.78 is 0. The van der Waals surface area contributed by atoms with Crippen molar-refractivity contribution in [1.82, 2.24) is 4.98 Å². The first kappa shape index (κ1) is 22.8. The standard InChI is InChI=1S/C32H27N3O2/c1-32(2)26-17-16-22(30(36)34-28-19-33-27-15-9-8-14-25(27)28)18-29(26)35(31(32)37)20-23-12-6-7-13-24(23)21-10-4-3-5-11-21/h3-19,33H,20H2,1-2H3,(H,34,36). The second-order valence-electron chi connectivity index (χ2n) is 9.97. The van der Waals surface area contributed by atoms with Gasteiger partial charge in [-0.25, -0.2) is 0 Å². The summed E-state index contributed by atoms with van der Waals surface area (Å²) in [6, 6.07) is 31.8. The van der Waals surface area contributed by atoms with Gasteiger partial charge in [-0.15, -0.1) is 0 Å². The highest BCUT2D eigenvalue weighted by Crippen LogP contribution is 2.43. The predicted octanol–water partition coefficient (Wildman–Crippen LogP) is 6.91. The molecule has 1 aliphatic heterocycles. The van der Waals surface area contributed by atoms with Gasteiger partial charge in [0.25, 0.3) is 5.91 Å². The minimum absolute atomic E-state index is 0.0274. The lowest BCUT2D eigenvalue weighted by Crippen LogP contribution is -2.35. The minimum atomic E-state index is -0.678. The van der Waals surface area contributed by atoms with E-state index in [1.807, 2.05) is 85.5 Å². The third kappa shape index (κ3) is 3.89. The van der Waals surface area contributed by atoms with E-state index < -0.39 is 5.41 Å². The Labute approximate surface area is 215 Å². The maximum absolute atomic E-state index is 13.6. The molecular weight excluding hydrogens is 458 g/mol. The molecule has 2 heterocycles. The summed E-state index contributed by atoms with van der Waals surface area (Å²) in [4.78, 5) is 31.9. The Morgan fingerprint density at radius 1 is 0.892 bits per heavy atom. The third-order valence-corrected chi connectivity index (χ3v) is 7.27. The second-order valence-corrected chi connectivity index (χ2v) is 9.97. The van der Waals surface area contributed by atoms with Crippen LogP contribution in [0.25, 0.3) is 22.0 Å². The molecule has 2 amide bonds. The number of benzene rings is 4. The molecule has 5 heteroatoms. The van der Waals surface area contributed by atoms with Crippen molar-refractivity contribution < 1.29 is 9.59 Å². The Hall–Kier alpha value is -4.64. The number of H-pyrrole nitrogens is 1. The van der Waals surface area contributed by atoms with Crippen LogP contribution in [0.4, 0.5) is 11.4 Å². The molecule has 0 saturated carbocycles. The predicted molar refractivity (Wildman–Crippen MR) is 149 cm³/mol. The molecule has 5 aromatic rings. The Kier molecular flexibility index (Phi) is 5.41. The molecule has 0 saturated heterocycles. The van der Waals surface area contributed by atoms with Gasteiger partial charge in [-0.3, -0.25) is 9.59 Å². The van der Waals surface area contributed by atoms with E-state index in [1.165, 1.54) is 0 Å². The van der Waals surface area contributed by atoms with Gasteiger partial charge in [-0.2, -0.15) is 0 Å². The smallest absolute Gasteiger partial charge is 0.255 e. The van der Waals surface area contributed by atoms with Crippen LogP contribution in [0.5, 0.6) is 0 Å². The zero-order chi connectivity index (χ0) is 25.6. The van der Waals surface area contributed by atoms with Crippen LogP contribution >= 0.6 is 0 Å². The fraction of sp³-hybridized carbons (Fsp3) is 0.125. The Bertz CT molecular complexity index is 1650. The summed E-state index contributed by atoms with van der Waals surface area (Å²) in [5.74, 6) is -0.186. The molecule has 37 heavy (non-hydrogen) atoms. The summed E-state index contributed by atoms with van der Waals surface area (Å²) in [6.45, 7) is 4.32. The van der Waals surface area contributed by atoms with Crippen molar-refractivity contribution in [2.24, 2.45) is 0 Å². The van der Waals surface area contributed by atoms with E-state index >= 15 is 0 Å². The van der Waals surface area contributed by atoms with Crippen LogP contribution in [0.2, 0.25) is 0 Å². The van der Waals surface area contributed by atoms with Crippen LogP contribution in [0.3, 0.4) is 0 Å². The zero-order valence-corrected chi connectivity index (χ0v) is 20.8. The van der Waals surface area contributed by atoms with Crippen LogP contribution in [0.1, 0.15) is 35.3 Å². The number of amides is 2. The molecule has 0 unspecified atom stereocenters. The van der Waals surface area contributed by atoms with Crippen molar-refractivity contribution in [3.05, 3.63) is 120 Å². The van der Waals surface area contributed by atoms with E-state index in [0.29, 0.717) is 12.1 Å². The van der Waals surface area contributed by atoms with Crippen molar-refractivity contribution in [2.45, 2.75) is 25.8 Å². The summed E-state index contributed by atoms with van der Waals surface area (Å²) in [5.41, 5.74) is 6.49. The monoisotopic (exact) mass is 485 g/mol. The molecule has 0 fully saturated rings. The first-order valence-corrected chi connectivity index (χ1v) is 12.4. The van der Waals surface area contributed by atoms with Crippen molar-refractivity contribution in [1.29, 1.82) is 0 Å². The van der Waals surface area contributed by atoms with Gasteiger partial charge in [0, 0.05) is 28.4 Å². The minimum Gasteiger partial charge on any atom is -0.359 e. The second kappa shape index (κ2) is 8.79. The number of carbonyl (C=O) groups excluding carboxylic acids is 2. The van der Waals surface area contributed by atoms with E-state index in [-0.39, 0.29) is 11.8 Å². The number of aromatic amines is 1. The summed E-state index contributed by atoms with van der Waals surface area (Å²) in [6.07, 6.45) is 1.80. The lowest BCUT2D eigenvalue weighted by atomic mass is 9.86. The first-order chi connectivity index (χ1) is 17.9. The molecule has 0 atom stereocenters. The van der Waals surface area contributed by atoms with Gasteiger partial charge in [-0.1, -0.05) is 78.9 Å². The number of anilines is 2. The number of aromatic nitrogens is 1. The van der Waals surface area contributed by atoms with Crippen LogP contribution in [0.15, 0.2) is 103 Å². The quantitative estimate of drug-likeness (QED) is 0.284. The molecule has 4 aromatic carbocycles. The van der Waals surface area contributed by atoms with Gasteiger partial charge in [0.05, 0.1) is 17.6 Å². The number of nitrogens with one attached hydrogen (secondary N) is 2. The lowest BCUT2D eigenvalue weighted by Gasteiger charge is -2.22. The van der Waals surface area contributed by atoms with Crippen LogP contribution in [-0.2, 0) is 16.8 Å². The van der Waals surface area contributed by atoms with Crippen LogP contribution < -0.4 is 10.2 Å². The topological polar surface area (TPSA) is 65.2 Å². The number of nitrogens with zero attached hydrogens (tertiary/aromatic N) is 1. The van der Waals surface area contributed by atoms with E-state index in [0.717, 1.165) is 44.5 Å². The fourth-order valence-corrected chi connectivity index (χ4v) is 5.24. The van der Waals surface area contributed by atoms with Crippen LogP contribution in [0, 0.1) is 0 Å². The van der Waals surface area contributed by atoms with E-state index in [4.69, 9.17) is 0 Å². The Morgan fingerprint density at radius 2 is 1.62 bits per heavy atom. The van der Waals surface area contributed by atoms with Gasteiger partial charge in [0.2, 0.25) is 5.91 Å². The number of para-hydroxylation sites is 1. The normalized spacial score (nSPS) is 14.1. The fourth-order valence-electron chi connectivity index (χ4n) is 5.24. The maximum atomic E-state index is 13.6. The molecule has 5 nitrogen and oxygen atoms in total. The largest absolute Gasteiger partial charge is 0.359 e. The maximum Gasteiger partial charge on any atom is 0.255 e. The summed E-state index contributed by atoms with van der Waals surface area (Å²) in [7, 11) is 0. The van der Waals surface area contributed by atoms with Crippen molar-refractivity contribution in [3.63, 3.8) is 0 Å². The number of carbonyl (C=O) groups is 2. The highest BCUT2D eigenvalue weighted by atomic mass is 16.2. The van der Waals surface area contributed by atoms with Crippen molar-refractivity contribution >= 4 is 34.1 Å². The number of rotatable bonds is 5. The number of hydrogen-bond acceptors (Lipinski definition) is 2.